The number of fused-ring (bicyclic) bond motifs is 2. The Labute approximate surface area is 439 Å². The zero-order valence-corrected chi connectivity index (χ0v) is 44.7. The first-order valence-corrected chi connectivity index (χ1v) is 27.2. The number of hydrogen-bond donors (Lipinski definition) is 2. The van der Waals surface area contributed by atoms with E-state index in [9.17, 15) is 24.0 Å². The maximum atomic E-state index is 14.0. The Kier molecular flexibility index (Phi) is 14.8. The predicted molar refractivity (Wildman–Crippen MR) is 293 cm³/mol. The van der Waals surface area contributed by atoms with Gasteiger partial charge in [-0.3, -0.25) is 39.1 Å². The fourth-order valence-corrected chi connectivity index (χ4v) is 12.5. The predicted octanol–water partition coefficient (Wildman–Crippen LogP) is 10.2. The van der Waals surface area contributed by atoms with Crippen LogP contribution in [0.5, 0.6) is 0 Å². The minimum atomic E-state index is -0.684. The molecule has 15 heteroatoms. The SMILES string of the molecule is CC1CC(Cc2ccc3c(c2)n(C)c(=O)n3C2CCC(=O)NC2=O)CCN1CC1CCC=C(C(=O)c2ccc(C3CCN([C@@H](C)c4cc5c(-c6ccc(NC(=O)OC(C)(C)C)nc6)ccnc5n4C)CC3)cc2)CC1. The lowest BCUT2D eigenvalue weighted by molar-refractivity contribution is -0.135. The number of ether oxygens (including phenoxy) is 1. The molecule has 6 aromatic rings. The van der Waals surface area contributed by atoms with Crippen LogP contribution in [-0.2, 0) is 34.8 Å². The van der Waals surface area contributed by atoms with Crippen LogP contribution >= 0.6 is 0 Å². The molecule has 394 valence electrons. The van der Waals surface area contributed by atoms with Crippen LogP contribution in [0, 0.1) is 11.8 Å². The molecule has 3 aliphatic heterocycles. The van der Waals surface area contributed by atoms with E-state index >= 15 is 0 Å². The number of nitrogens with one attached hydrogen (secondary N) is 2. The van der Waals surface area contributed by atoms with Gasteiger partial charge in [0.2, 0.25) is 11.8 Å². The summed E-state index contributed by atoms with van der Waals surface area (Å²) in [5, 5.41) is 6.17. The van der Waals surface area contributed by atoms with Gasteiger partial charge >= 0.3 is 11.8 Å². The summed E-state index contributed by atoms with van der Waals surface area (Å²) in [5.41, 5.74) is 9.04. The number of rotatable bonds is 12. The number of hydrogen-bond acceptors (Lipinski definition) is 10. The number of Topliss-reactive ketones (excluding diaryl/α,β-unsaturated/α-hetero) is 1. The molecular formula is C60H73N9O6. The Morgan fingerprint density at radius 2 is 1.63 bits per heavy atom. The number of pyridine rings is 2. The molecule has 0 spiro atoms. The van der Waals surface area contributed by atoms with Crippen molar-refractivity contribution in [1.82, 2.24) is 38.8 Å². The number of likely N-dealkylation sites (tertiary alicyclic amines) is 2. The van der Waals surface area contributed by atoms with Gasteiger partial charge in [0.25, 0.3) is 0 Å². The molecule has 5 atom stereocenters. The Bertz CT molecular complexity index is 3210. The van der Waals surface area contributed by atoms with Crippen LogP contribution in [-0.4, -0.2) is 95.0 Å². The number of aromatic nitrogens is 5. The number of allylic oxidation sites excluding steroid dienone is 2. The number of piperidine rings is 3. The lowest BCUT2D eigenvalue weighted by atomic mass is 9.85. The molecular weight excluding hydrogens is 943 g/mol. The Hall–Kier alpha value is -6.71. The van der Waals surface area contributed by atoms with Crippen molar-refractivity contribution in [1.29, 1.82) is 0 Å². The monoisotopic (exact) mass is 1020 g/mol. The lowest BCUT2D eigenvalue weighted by Crippen LogP contribution is -2.44. The molecule has 3 fully saturated rings. The third kappa shape index (κ3) is 11.2. The van der Waals surface area contributed by atoms with Crippen LogP contribution < -0.4 is 16.3 Å². The number of amides is 3. The van der Waals surface area contributed by atoms with Crippen LogP contribution in [0.3, 0.4) is 0 Å². The maximum absolute atomic E-state index is 14.0. The number of benzene rings is 2. The molecule has 2 N–H and O–H groups in total. The summed E-state index contributed by atoms with van der Waals surface area (Å²) in [6, 6.07) is 22.7. The number of ketones is 1. The average Bonchev–Trinajstić information content (AvgIpc) is 3.73. The summed E-state index contributed by atoms with van der Waals surface area (Å²) in [6.45, 7) is 14.2. The summed E-state index contributed by atoms with van der Waals surface area (Å²) in [4.78, 5) is 78.5. The Morgan fingerprint density at radius 1 is 0.840 bits per heavy atom. The van der Waals surface area contributed by atoms with Crippen molar-refractivity contribution in [3.8, 4) is 11.1 Å². The van der Waals surface area contributed by atoms with Crippen molar-refractivity contribution in [2.24, 2.45) is 25.9 Å². The average molecular weight is 1020 g/mol. The molecule has 0 saturated carbocycles. The zero-order chi connectivity index (χ0) is 52.7. The number of imide groups is 1. The van der Waals surface area contributed by atoms with Crippen molar-refractivity contribution in [2.45, 2.75) is 135 Å². The molecule has 2 aromatic carbocycles. The lowest BCUT2D eigenvalue weighted by Gasteiger charge is -2.39. The summed E-state index contributed by atoms with van der Waals surface area (Å²) < 4.78 is 10.8. The highest BCUT2D eigenvalue weighted by atomic mass is 16.6. The number of anilines is 1. The van der Waals surface area contributed by atoms with E-state index < -0.39 is 23.6 Å². The van der Waals surface area contributed by atoms with E-state index in [4.69, 9.17) is 9.72 Å². The Balaban J connectivity index is 0.685. The van der Waals surface area contributed by atoms with E-state index in [0.717, 1.165) is 128 Å². The minimum absolute atomic E-state index is 0.168. The number of aryl methyl sites for hydroxylation is 2. The van der Waals surface area contributed by atoms with Gasteiger partial charge in [0, 0.05) is 73.7 Å². The molecule has 4 aromatic heterocycles. The smallest absolute Gasteiger partial charge is 0.413 e. The zero-order valence-electron chi connectivity index (χ0n) is 44.7. The molecule has 0 radical (unpaired) electrons. The quantitative estimate of drug-likeness (QED) is 0.0890. The van der Waals surface area contributed by atoms with E-state index in [-0.39, 0.29) is 29.8 Å². The van der Waals surface area contributed by atoms with Crippen LogP contribution in [0.1, 0.15) is 144 Å². The van der Waals surface area contributed by atoms with E-state index in [2.05, 4.69) is 99.4 Å². The van der Waals surface area contributed by atoms with Crippen LogP contribution in [0.2, 0.25) is 0 Å². The van der Waals surface area contributed by atoms with E-state index in [1.807, 2.05) is 45.2 Å². The third-order valence-corrected chi connectivity index (χ3v) is 16.7. The van der Waals surface area contributed by atoms with Crippen molar-refractivity contribution >= 4 is 51.6 Å². The largest absolute Gasteiger partial charge is 0.444 e. The molecule has 3 amide bonds. The van der Waals surface area contributed by atoms with Gasteiger partial charge in [-0.1, -0.05) is 36.4 Å². The molecule has 1 aliphatic carbocycles. The van der Waals surface area contributed by atoms with Gasteiger partial charge in [0.1, 0.15) is 23.1 Å². The van der Waals surface area contributed by atoms with Gasteiger partial charge in [-0.2, -0.15) is 0 Å². The minimum Gasteiger partial charge on any atom is -0.444 e. The number of carbonyl (C=O) groups is 4. The van der Waals surface area contributed by atoms with Crippen molar-refractivity contribution in [2.75, 3.05) is 31.5 Å². The highest BCUT2D eigenvalue weighted by molar-refractivity contribution is 6.08. The van der Waals surface area contributed by atoms with Crippen LogP contribution in [0.4, 0.5) is 10.6 Å². The van der Waals surface area contributed by atoms with Crippen molar-refractivity contribution in [3.63, 3.8) is 0 Å². The fourth-order valence-electron chi connectivity index (χ4n) is 12.5. The standard InChI is InChI=1S/C60H73N9O6/c1-37-31-41(32-40-12-19-49-52(33-40)66(7)59(74)69(49)50-20-22-54(70)64-57(50)72)24-28-68(37)36-39-9-8-10-44(13-11-39)55(71)45-16-14-42(15-17-45)43-25-29-67(30-26-43)38(2)51-34-48-47(23-27-61-56(48)65(51)6)46-18-21-53(62-35-46)63-58(73)75-60(3,4)5/h10,12,14-19,21,23,27,33-35,37-39,41,43,50H,8-9,11,13,20,22,24-26,28-32,36H2,1-7H3,(H,62,63,73)(H,64,70,72)/t37?,38-,39?,41?,50?/m0/s1. The molecule has 4 unspecified atom stereocenters. The first-order chi connectivity index (χ1) is 36.0. The number of nitrogens with zero attached hydrogens (tertiary/aromatic N) is 7. The second kappa shape index (κ2) is 21.5. The molecule has 7 heterocycles. The van der Waals surface area contributed by atoms with E-state index in [0.29, 0.717) is 36.0 Å². The summed E-state index contributed by atoms with van der Waals surface area (Å²) >= 11 is 0. The fraction of sp³-hybridized carbons (Fsp3) is 0.483. The molecule has 15 nitrogen and oxygen atoms in total. The number of imidazole rings is 1. The molecule has 0 bridgehead atoms. The van der Waals surface area contributed by atoms with E-state index in [1.54, 1.807) is 28.4 Å². The summed E-state index contributed by atoms with van der Waals surface area (Å²) in [6.07, 6.45) is 15.0. The molecule has 4 aliphatic rings. The van der Waals surface area contributed by atoms with E-state index in [1.165, 1.54) is 16.8 Å². The van der Waals surface area contributed by atoms with Gasteiger partial charge < -0.3 is 14.2 Å². The van der Waals surface area contributed by atoms with Gasteiger partial charge in [0.15, 0.2) is 5.78 Å². The highest BCUT2D eigenvalue weighted by Crippen LogP contribution is 2.37. The van der Waals surface area contributed by atoms with Gasteiger partial charge in [0.05, 0.1) is 11.0 Å². The van der Waals surface area contributed by atoms with Gasteiger partial charge in [-0.25, -0.2) is 19.6 Å². The Morgan fingerprint density at radius 3 is 2.35 bits per heavy atom. The summed E-state index contributed by atoms with van der Waals surface area (Å²) in [7, 11) is 3.85. The first kappa shape index (κ1) is 51.8. The first-order valence-electron chi connectivity index (χ1n) is 27.2. The van der Waals surface area contributed by atoms with Crippen molar-refractivity contribution in [3.05, 3.63) is 124 Å². The van der Waals surface area contributed by atoms with Crippen LogP contribution in [0.15, 0.2) is 95.6 Å². The van der Waals surface area contributed by atoms with Gasteiger partial charge in [-0.05, 0) is 195 Å². The number of carbonyl (C=O) groups excluding carboxylic acids is 4. The second-order valence-corrected chi connectivity index (χ2v) is 22.9. The maximum Gasteiger partial charge on any atom is 0.413 e. The second-order valence-electron chi connectivity index (χ2n) is 22.9. The highest BCUT2D eigenvalue weighted by Gasteiger charge is 2.33. The van der Waals surface area contributed by atoms with Crippen molar-refractivity contribution < 1.29 is 23.9 Å². The molecule has 10 rings (SSSR count). The summed E-state index contributed by atoms with van der Waals surface area (Å²) in [5.74, 6) is 1.41. The topological polar surface area (TPSA) is 166 Å². The normalized spacial score (nSPS) is 21.9. The van der Waals surface area contributed by atoms with Crippen LogP contribution in [0.25, 0.3) is 33.2 Å². The molecule has 75 heavy (non-hydrogen) atoms. The third-order valence-electron chi connectivity index (χ3n) is 16.7. The van der Waals surface area contributed by atoms with Gasteiger partial charge in [-0.15, -0.1) is 0 Å². The molecule has 3 saturated heterocycles.